The zero-order valence-electron chi connectivity index (χ0n) is 8.26. The van der Waals surface area contributed by atoms with Gasteiger partial charge in [0.2, 0.25) is 0 Å². The molecule has 0 aliphatic heterocycles. The fourth-order valence-corrected chi connectivity index (χ4v) is 2.53. The first-order valence-corrected chi connectivity index (χ1v) is 6.23. The number of esters is 1. The molecule has 1 N–H and O–H groups in total. The number of carbonyl (C=O) groups is 1. The van der Waals surface area contributed by atoms with Gasteiger partial charge in [-0.3, -0.25) is 4.55 Å². The summed E-state index contributed by atoms with van der Waals surface area (Å²) in [5.41, 5.74) is 0. The van der Waals surface area contributed by atoms with Crippen molar-refractivity contribution in [3.05, 3.63) is 12.7 Å². The summed E-state index contributed by atoms with van der Waals surface area (Å²) in [6.45, 7) is 3.27. The van der Waals surface area contributed by atoms with Gasteiger partial charge in [-0.2, -0.15) is 8.42 Å². The van der Waals surface area contributed by atoms with E-state index < -0.39 is 21.3 Å². The van der Waals surface area contributed by atoms with E-state index in [9.17, 15) is 13.2 Å². The van der Waals surface area contributed by atoms with Gasteiger partial charge in [-0.25, -0.2) is 4.79 Å². The van der Waals surface area contributed by atoms with E-state index in [4.69, 9.17) is 9.29 Å². The summed E-state index contributed by atoms with van der Waals surface area (Å²) in [4.78, 5) is 10.9. The first kappa shape index (κ1) is 12.2. The van der Waals surface area contributed by atoms with Crippen molar-refractivity contribution in [3.63, 3.8) is 0 Å². The van der Waals surface area contributed by atoms with Crippen molar-refractivity contribution < 1.29 is 22.5 Å². The van der Waals surface area contributed by atoms with Crippen LogP contribution in [0.2, 0.25) is 0 Å². The highest BCUT2D eigenvalue weighted by Gasteiger charge is 2.30. The van der Waals surface area contributed by atoms with Crippen LogP contribution in [0.15, 0.2) is 12.7 Å². The van der Waals surface area contributed by atoms with Crippen LogP contribution in [0.1, 0.15) is 25.7 Å². The summed E-state index contributed by atoms with van der Waals surface area (Å²) in [6, 6.07) is 0. The van der Waals surface area contributed by atoms with Crippen molar-refractivity contribution in [1.82, 2.24) is 0 Å². The first-order chi connectivity index (χ1) is 6.93. The Labute approximate surface area is 88.9 Å². The maximum atomic E-state index is 10.9. The van der Waals surface area contributed by atoms with Crippen LogP contribution in [-0.4, -0.2) is 30.3 Å². The Kier molecular flexibility index (Phi) is 3.87. The average molecular weight is 234 g/mol. The summed E-state index contributed by atoms with van der Waals surface area (Å²) < 4.78 is 35.4. The van der Waals surface area contributed by atoms with E-state index in [1.807, 2.05) is 0 Å². The minimum Gasteiger partial charge on any atom is -0.459 e. The van der Waals surface area contributed by atoms with E-state index in [0.717, 1.165) is 6.08 Å². The standard InChI is InChI=1S/C9H14O5S/c1-2-9(10)14-7-3-5-8(6-4-7)15(11,12)13/h2,7-8H,1,3-6H2,(H,11,12,13). The van der Waals surface area contributed by atoms with Gasteiger partial charge in [-0.1, -0.05) is 6.58 Å². The van der Waals surface area contributed by atoms with Gasteiger partial charge in [0.05, 0.1) is 5.25 Å². The van der Waals surface area contributed by atoms with Gasteiger partial charge in [0.25, 0.3) is 10.1 Å². The Morgan fingerprint density at radius 3 is 2.27 bits per heavy atom. The van der Waals surface area contributed by atoms with Crippen LogP contribution in [0.25, 0.3) is 0 Å². The molecule has 1 aliphatic rings. The minimum atomic E-state index is -3.94. The Morgan fingerprint density at radius 2 is 1.87 bits per heavy atom. The Balaban J connectivity index is 2.43. The van der Waals surface area contributed by atoms with E-state index in [2.05, 4.69) is 6.58 Å². The van der Waals surface area contributed by atoms with Crippen LogP contribution in [0.5, 0.6) is 0 Å². The lowest BCUT2D eigenvalue weighted by molar-refractivity contribution is -0.144. The summed E-state index contributed by atoms with van der Waals surface area (Å²) in [6.07, 6.45) is 2.40. The molecule has 0 radical (unpaired) electrons. The monoisotopic (exact) mass is 234 g/mol. The molecular weight excluding hydrogens is 220 g/mol. The lowest BCUT2D eigenvalue weighted by Crippen LogP contribution is -2.30. The van der Waals surface area contributed by atoms with E-state index in [-0.39, 0.29) is 6.10 Å². The molecular formula is C9H14O5S. The lowest BCUT2D eigenvalue weighted by Gasteiger charge is -2.25. The highest BCUT2D eigenvalue weighted by atomic mass is 32.2. The molecule has 0 aromatic carbocycles. The zero-order chi connectivity index (χ0) is 11.5. The van der Waals surface area contributed by atoms with E-state index in [1.165, 1.54) is 0 Å². The number of hydrogen-bond donors (Lipinski definition) is 1. The van der Waals surface area contributed by atoms with Crippen molar-refractivity contribution in [3.8, 4) is 0 Å². The Morgan fingerprint density at radius 1 is 1.33 bits per heavy atom. The number of carbonyl (C=O) groups excluding carboxylic acids is 1. The normalized spacial score (nSPS) is 27.0. The molecule has 5 nitrogen and oxygen atoms in total. The van der Waals surface area contributed by atoms with Crippen LogP contribution >= 0.6 is 0 Å². The molecule has 15 heavy (non-hydrogen) atoms. The van der Waals surface area contributed by atoms with E-state index in [1.54, 1.807) is 0 Å². The Hall–Kier alpha value is -0.880. The topological polar surface area (TPSA) is 80.7 Å². The molecule has 1 aliphatic carbocycles. The van der Waals surface area contributed by atoms with Gasteiger partial charge in [0, 0.05) is 6.08 Å². The zero-order valence-corrected chi connectivity index (χ0v) is 9.07. The fraction of sp³-hybridized carbons (Fsp3) is 0.667. The van der Waals surface area contributed by atoms with Crippen molar-refractivity contribution in [2.45, 2.75) is 37.0 Å². The molecule has 1 saturated carbocycles. The summed E-state index contributed by atoms with van der Waals surface area (Å²) in [5.74, 6) is -0.495. The van der Waals surface area contributed by atoms with Crippen molar-refractivity contribution in [2.75, 3.05) is 0 Å². The van der Waals surface area contributed by atoms with Crippen molar-refractivity contribution >= 4 is 16.1 Å². The first-order valence-electron chi connectivity index (χ1n) is 4.73. The molecule has 1 fully saturated rings. The number of hydrogen-bond acceptors (Lipinski definition) is 4. The van der Waals surface area contributed by atoms with Gasteiger partial charge in [-0.05, 0) is 25.7 Å². The maximum absolute atomic E-state index is 10.9. The van der Waals surface area contributed by atoms with Crippen LogP contribution < -0.4 is 0 Å². The molecule has 1 rings (SSSR count). The highest BCUT2D eigenvalue weighted by Crippen LogP contribution is 2.25. The molecule has 0 aromatic rings. The van der Waals surface area contributed by atoms with Gasteiger partial charge in [0.1, 0.15) is 6.10 Å². The van der Waals surface area contributed by atoms with Crippen LogP contribution in [0.3, 0.4) is 0 Å². The molecule has 0 bridgehead atoms. The molecule has 0 spiro atoms. The SMILES string of the molecule is C=CC(=O)OC1CCC(S(=O)(=O)O)CC1. The third-order valence-electron chi connectivity index (χ3n) is 2.49. The van der Waals surface area contributed by atoms with Crippen LogP contribution in [0.4, 0.5) is 0 Å². The van der Waals surface area contributed by atoms with E-state index in [0.29, 0.717) is 25.7 Å². The van der Waals surface area contributed by atoms with Gasteiger partial charge in [0.15, 0.2) is 0 Å². The average Bonchev–Trinajstić information content (AvgIpc) is 2.17. The van der Waals surface area contributed by atoms with Crippen molar-refractivity contribution in [2.24, 2.45) is 0 Å². The molecule has 0 atom stereocenters. The minimum absolute atomic E-state index is 0.256. The molecule has 86 valence electrons. The molecule has 6 heteroatoms. The molecule has 0 unspecified atom stereocenters. The highest BCUT2D eigenvalue weighted by molar-refractivity contribution is 7.86. The van der Waals surface area contributed by atoms with E-state index >= 15 is 0 Å². The molecule has 0 aromatic heterocycles. The summed E-state index contributed by atoms with van der Waals surface area (Å²) in [5, 5.41) is -0.712. The second-order valence-corrected chi connectivity index (χ2v) is 5.25. The van der Waals surface area contributed by atoms with Crippen molar-refractivity contribution in [1.29, 1.82) is 0 Å². The van der Waals surface area contributed by atoms with Gasteiger partial charge in [-0.15, -0.1) is 0 Å². The quantitative estimate of drug-likeness (QED) is 0.446. The second kappa shape index (κ2) is 4.76. The Bertz CT molecular complexity index is 338. The lowest BCUT2D eigenvalue weighted by atomic mass is 9.97. The second-order valence-electron chi connectivity index (χ2n) is 3.55. The van der Waals surface area contributed by atoms with Gasteiger partial charge < -0.3 is 4.74 Å². The third-order valence-corrected chi connectivity index (χ3v) is 3.81. The smallest absolute Gasteiger partial charge is 0.330 e. The molecule has 0 saturated heterocycles. The molecule has 0 amide bonds. The van der Waals surface area contributed by atoms with Crippen LogP contribution in [0, 0.1) is 0 Å². The maximum Gasteiger partial charge on any atom is 0.330 e. The number of ether oxygens (including phenoxy) is 1. The largest absolute Gasteiger partial charge is 0.459 e. The van der Waals surface area contributed by atoms with Gasteiger partial charge >= 0.3 is 5.97 Å². The predicted octanol–water partition coefficient (Wildman–Crippen LogP) is 0.915. The molecule has 0 heterocycles. The fourth-order valence-electron chi connectivity index (χ4n) is 1.66. The summed E-state index contributed by atoms with van der Waals surface area (Å²) >= 11 is 0. The third kappa shape index (κ3) is 3.64. The predicted molar refractivity (Wildman–Crippen MR) is 53.9 cm³/mol. The van der Waals surface area contributed by atoms with Crippen LogP contribution in [-0.2, 0) is 19.6 Å². The number of rotatable bonds is 3. The summed E-state index contributed by atoms with van der Waals surface area (Å²) in [7, 11) is -3.94.